The van der Waals surface area contributed by atoms with Crippen molar-refractivity contribution in [2.24, 2.45) is 0 Å². The van der Waals surface area contributed by atoms with Crippen LogP contribution < -0.4 is 5.32 Å². The van der Waals surface area contributed by atoms with Crippen LogP contribution in [0.3, 0.4) is 0 Å². The van der Waals surface area contributed by atoms with E-state index in [4.69, 9.17) is 9.26 Å². The Morgan fingerprint density at radius 2 is 1.94 bits per heavy atom. The quantitative estimate of drug-likeness (QED) is 0.253. The van der Waals surface area contributed by atoms with Gasteiger partial charge >= 0.3 is 11.7 Å². The van der Waals surface area contributed by atoms with Gasteiger partial charge < -0.3 is 14.6 Å². The third-order valence-electron chi connectivity index (χ3n) is 4.84. The molecule has 4 rings (SSSR count). The molecule has 2 heterocycles. The number of carbonyl (C=O) groups is 1. The summed E-state index contributed by atoms with van der Waals surface area (Å²) in [7, 11) is 1.32. The van der Waals surface area contributed by atoms with Crippen molar-refractivity contribution < 1.29 is 19.0 Å². The Bertz CT molecular complexity index is 1320. The number of aryl methyl sites for hydroxylation is 1. The summed E-state index contributed by atoms with van der Waals surface area (Å²) < 4.78 is 10.3. The first-order valence-electron chi connectivity index (χ1n) is 9.60. The zero-order chi connectivity index (χ0) is 22.7. The molecule has 9 nitrogen and oxygen atoms in total. The van der Waals surface area contributed by atoms with E-state index in [9.17, 15) is 14.9 Å². The molecule has 160 valence electrons. The summed E-state index contributed by atoms with van der Waals surface area (Å²) in [6.07, 6.45) is 1.51. The largest absolute Gasteiger partial charge is 0.465 e. The fraction of sp³-hybridized carbons (Fsp3) is 0.0870. The van der Waals surface area contributed by atoms with Gasteiger partial charge in [-0.3, -0.25) is 10.1 Å². The fourth-order valence-electron chi connectivity index (χ4n) is 3.29. The summed E-state index contributed by atoms with van der Waals surface area (Å²) in [5.41, 5.74) is 3.16. The summed E-state index contributed by atoms with van der Waals surface area (Å²) in [6.45, 7) is 1.66. The van der Waals surface area contributed by atoms with Crippen LogP contribution in [0.4, 0.5) is 17.2 Å². The summed E-state index contributed by atoms with van der Waals surface area (Å²) in [6, 6.07) is 17.4. The van der Waals surface area contributed by atoms with E-state index < -0.39 is 10.9 Å². The topological polar surface area (TPSA) is 120 Å². The van der Waals surface area contributed by atoms with Crippen LogP contribution in [-0.4, -0.2) is 28.1 Å². The third-order valence-corrected chi connectivity index (χ3v) is 4.84. The van der Waals surface area contributed by atoms with Gasteiger partial charge in [-0.1, -0.05) is 35.5 Å². The second-order valence-corrected chi connectivity index (χ2v) is 6.90. The lowest BCUT2D eigenvalue weighted by molar-refractivity contribution is -0.384. The molecule has 0 bridgehead atoms. The van der Waals surface area contributed by atoms with Crippen molar-refractivity contribution in [1.29, 1.82) is 0 Å². The number of nitrogens with zero attached hydrogens (tertiary/aromatic N) is 3. The second kappa shape index (κ2) is 8.68. The maximum Gasteiger partial charge on any atom is 0.338 e. The molecule has 0 amide bonds. The van der Waals surface area contributed by atoms with Crippen molar-refractivity contribution in [3.63, 3.8) is 0 Å². The second-order valence-electron chi connectivity index (χ2n) is 6.90. The molecule has 2 aromatic heterocycles. The van der Waals surface area contributed by atoms with Gasteiger partial charge in [0.25, 0.3) is 0 Å². The van der Waals surface area contributed by atoms with Crippen LogP contribution in [0.15, 0.2) is 71.4 Å². The maximum atomic E-state index is 12.1. The zero-order valence-electron chi connectivity index (χ0n) is 17.2. The number of anilines is 2. The lowest BCUT2D eigenvalue weighted by Gasteiger charge is -2.08. The van der Waals surface area contributed by atoms with Crippen molar-refractivity contribution in [3.05, 3.63) is 88.1 Å². The number of nitrogens with one attached hydrogen (secondary N) is 1. The van der Waals surface area contributed by atoms with Crippen molar-refractivity contribution in [1.82, 2.24) is 10.1 Å². The van der Waals surface area contributed by atoms with Gasteiger partial charge in [-0.15, -0.1) is 0 Å². The van der Waals surface area contributed by atoms with Crippen LogP contribution in [0.2, 0.25) is 0 Å². The summed E-state index contributed by atoms with van der Waals surface area (Å²) in [4.78, 5) is 27.1. The smallest absolute Gasteiger partial charge is 0.338 e. The molecule has 0 aliphatic heterocycles. The lowest BCUT2D eigenvalue weighted by atomic mass is 10.0. The average molecular weight is 430 g/mol. The number of methoxy groups -OCH3 is 1. The maximum absolute atomic E-state index is 12.1. The van der Waals surface area contributed by atoms with Gasteiger partial charge in [-0.2, -0.15) is 0 Å². The Morgan fingerprint density at radius 3 is 2.72 bits per heavy atom. The molecule has 0 atom stereocenters. The normalized spacial score (nSPS) is 10.6. The molecule has 0 aliphatic rings. The van der Waals surface area contributed by atoms with Gasteiger partial charge in [0.1, 0.15) is 5.69 Å². The molecule has 9 heteroatoms. The fourth-order valence-corrected chi connectivity index (χ4v) is 3.29. The molecular formula is C23H18N4O5. The van der Waals surface area contributed by atoms with Gasteiger partial charge in [0.15, 0.2) is 5.76 Å². The summed E-state index contributed by atoms with van der Waals surface area (Å²) in [5, 5.41) is 18.5. The number of aromatic nitrogens is 2. The van der Waals surface area contributed by atoms with Crippen molar-refractivity contribution in [3.8, 4) is 22.6 Å². The summed E-state index contributed by atoms with van der Waals surface area (Å²) in [5.74, 6) is 0.149. The van der Waals surface area contributed by atoms with Crippen LogP contribution in [0, 0.1) is 17.0 Å². The highest BCUT2D eigenvalue weighted by Gasteiger charge is 2.19. The van der Waals surface area contributed by atoms with Gasteiger partial charge in [-0.25, -0.2) is 9.78 Å². The SMILES string of the molecule is COC(=O)c1ccccc1-c1cc(-c2cccc(Nc3nccc(C)c3[N+](=O)[O-])c2)on1. The van der Waals surface area contributed by atoms with Crippen molar-refractivity contribution >= 4 is 23.2 Å². The van der Waals surface area contributed by atoms with Gasteiger partial charge in [0.05, 0.1) is 17.6 Å². The number of pyridine rings is 1. The predicted molar refractivity (Wildman–Crippen MR) is 118 cm³/mol. The minimum atomic E-state index is -0.469. The van der Waals surface area contributed by atoms with Crippen LogP contribution >= 0.6 is 0 Å². The third kappa shape index (κ3) is 4.04. The minimum absolute atomic E-state index is 0.0840. The van der Waals surface area contributed by atoms with Crippen molar-refractivity contribution in [2.75, 3.05) is 12.4 Å². The highest BCUT2D eigenvalue weighted by molar-refractivity contribution is 5.96. The molecule has 4 aromatic rings. The minimum Gasteiger partial charge on any atom is -0.465 e. The number of esters is 1. The van der Waals surface area contributed by atoms with E-state index in [1.165, 1.54) is 13.3 Å². The number of hydrogen-bond acceptors (Lipinski definition) is 8. The number of hydrogen-bond donors (Lipinski definition) is 1. The Labute approximate surface area is 182 Å². The molecule has 1 N–H and O–H groups in total. The van der Waals surface area contributed by atoms with E-state index in [1.807, 2.05) is 6.07 Å². The Morgan fingerprint density at radius 1 is 1.12 bits per heavy atom. The number of carbonyl (C=O) groups excluding carboxylic acids is 1. The van der Waals surface area contributed by atoms with Gasteiger partial charge in [0.2, 0.25) is 5.82 Å². The van der Waals surface area contributed by atoms with E-state index >= 15 is 0 Å². The molecule has 0 unspecified atom stereocenters. The summed E-state index contributed by atoms with van der Waals surface area (Å²) >= 11 is 0. The standard InChI is InChI=1S/C23H18N4O5/c1-14-10-11-24-22(21(14)27(29)30)25-16-7-5-6-15(12-16)20-13-19(26-32-20)17-8-3-4-9-18(17)23(28)31-2/h3-13H,1-2H3,(H,24,25). The highest BCUT2D eigenvalue weighted by atomic mass is 16.6. The Kier molecular flexibility index (Phi) is 5.63. The van der Waals surface area contributed by atoms with E-state index in [0.717, 1.165) is 0 Å². The molecule has 32 heavy (non-hydrogen) atoms. The zero-order valence-corrected chi connectivity index (χ0v) is 17.2. The van der Waals surface area contributed by atoms with Gasteiger partial charge in [-0.05, 0) is 31.2 Å². The average Bonchev–Trinajstić information content (AvgIpc) is 3.29. The van der Waals surface area contributed by atoms with Gasteiger partial charge in [0, 0.05) is 34.6 Å². The molecule has 0 saturated heterocycles. The molecule has 0 saturated carbocycles. The molecular weight excluding hydrogens is 412 g/mol. The number of rotatable bonds is 6. The molecule has 0 radical (unpaired) electrons. The Balaban J connectivity index is 1.66. The first kappa shape index (κ1) is 20.7. The monoisotopic (exact) mass is 430 g/mol. The van der Waals surface area contributed by atoms with E-state index in [1.54, 1.807) is 61.5 Å². The molecule has 0 aliphatic carbocycles. The van der Waals surface area contributed by atoms with Crippen LogP contribution in [-0.2, 0) is 4.74 Å². The molecule has 0 fully saturated rings. The number of nitro groups is 1. The van der Waals surface area contributed by atoms with E-state index in [2.05, 4.69) is 15.5 Å². The van der Waals surface area contributed by atoms with Crippen LogP contribution in [0.1, 0.15) is 15.9 Å². The molecule has 2 aromatic carbocycles. The van der Waals surface area contributed by atoms with Crippen molar-refractivity contribution in [2.45, 2.75) is 6.92 Å². The first-order valence-corrected chi connectivity index (χ1v) is 9.60. The van der Waals surface area contributed by atoms with Crippen LogP contribution in [0.25, 0.3) is 22.6 Å². The number of ether oxygens (including phenoxy) is 1. The van der Waals surface area contributed by atoms with Crippen LogP contribution in [0.5, 0.6) is 0 Å². The Hall–Kier alpha value is -4.53. The van der Waals surface area contributed by atoms with E-state index in [-0.39, 0.29) is 11.5 Å². The van der Waals surface area contributed by atoms with E-state index in [0.29, 0.717) is 39.4 Å². The first-order chi connectivity index (χ1) is 15.5. The predicted octanol–water partition coefficient (Wildman–Crippen LogP) is 5.15. The lowest BCUT2D eigenvalue weighted by Crippen LogP contribution is -2.03. The number of benzene rings is 2. The molecule has 0 spiro atoms. The highest BCUT2D eigenvalue weighted by Crippen LogP contribution is 2.32.